The molecule has 0 saturated heterocycles. The SMILES string of the molecule is O=[N+]([O-])c1cc(CNNc2ccccc2)ccc1Cl. The number of nitrogens with one attached hydrogen (secondary N) is 2. The van der Waals surface area contributed by atoms with E-state index in [9.17, 15) is 10.1 Å². The number of benzene rings is 2. The summed E-state index contributed by atoms with van der Waals surface area (Å²) in [6, 6.07) is 14.3. The second kappa shape index (κ2) is 6.17. The molecule has 2 aromatic carbocycles. The maximum absolute atomic E-state index is 10.8. The molecule has 0 aliphatic rings. The fraction of sp³-hybridized carbons (Fsp3) is 0.0769. The molecule has 0 bridgehead atoms. The summed E-state index contributed by atoms with van der Waals surface area (Å²) in [5.74, 6) is 0. The Kier molecular flexibility index (Phi) is 4.33. The lowest BCUT2D eigenvalue weighted by atomic mass is 10.2. The van der Waals surface area contributed by atoms with E-state index < -0.39 is 4.92 Å². The largest absolute Gasteiger partial charge is 0.321 e. The van der Waals surface area contributed by atoms with Crippen molar-refractivity contribution in [2.24, 2.45) is 0 Å². The summed E-state index contributed by atoms with van der Waals surface area (Å²) in [6.07, 6.45) is 0. The number of nitro groups is 1. The summed E-state index contributed by atoms with van der Waals surface area (Å²) in [7, 11) is 0. The zero-order valence-electron chi connectivity index (χ0n) is 9.97. The van der Waals surface area contributed by atoms with E-state index in [0.717, 1.165) is 11.3 Å². The van der Waals surface area contributed by atoms with Crippen LogP contribution in [0.4, 0.5) is 11.4 Å². The minimum absolute atomic E-state index is 0.0827. The second-order valence-electron chi connectivity index (χ2n) is 3.89. The van der Waals surface area contributed by atoms with E-state index in [2.05, 4.69) is 10.9 Å². The molecule has 0 fully saturated rings. The van der Waals surface area contributed by atoms with Crippen LogP contribution in [0, 0.1) is 10.1 Å². The Morgan fingerprint density at radius 3 is 2.58 bits per heavy atom. The Balaban J connectivity index is 1.97. The quantitative estimate of drug-likeness (QED) is 0.649. The van der Waals surface area contributed by atoms with Crippen LogP contribution in [0.1, 0.15) is 5.56 Å². The maximum Gasteiger partial charge on any atom is 0.288 e. The molecule has 0 saturated carbocycles. The predicted octanol–water partition coefficient (Wildman–Crippen LogP) is 3.36. The average Bonchev–Trinajstić information content (AvgIpc) is 2.41. The zero-order valence-corrected chi connectivity index (χ0v) is 10.7. The van der Waals surface area contributed by atoms with Gasteiger partial charge in [0.05, 0.1) is 4.92 Å². The number of nitrogens with zero attached hydrogens (tertiary/aromatic N) is 1. The molecule has 0 atom stereocenters. The van der Waals surface area contributed by atoms with Gasteiger partial charge in [-0.3, -0.25) is 10.1 Å². The molecule has 0 spiro atoms. The Bertz CT molecular complexity index is 575. The third kappa shape index (κ3) is 3.67. The van der Waals surface area contributed by atoms with Crippen molar-refractivity contribution in [3.05, 3.63) is 69.2 Å². The van der Waals surface area contributed by atoms with Gasteiger partial charge < -0.3 is 5.43 Å². The van der Waals surface area contributed by atoms with Crippen molar-refractivity contribution in [3.63, 3.8) is 0 Å². The van der Waals surface area contributed by atoms with Crippen molar-refractivity contribution < 1.29 is 4.92 Å². The predicted molar refractivity (Wildman–Crippen MR) is 75.0 cm³/mol. The van der Waals surface area contributed by atoms with Crippen molar-refractivity contribution in [1.29, 1.82) is 0 Å². The van der Waals surface area contributed by atoms with E-state index in [1.54, 1.807) is 6.07 Å². The molecule has 2 N–H and O–H groups in total. The number of anilines is 1. The lowest BCUT2D eigenvalue weighted by Gasteiger charge is -2.08. The maximum atomic E-state index is 10.8. The first-order valence-electron chi connectivity index (χ1n) is 5.63. The number of halogens is 1. The number of hydrogen-bond donors (Lipinski definition) is 2. The zero-order chi connectivity index (χ0) is 13.7. The summed E-state index contributed by atoms with van der Waals surface area (Å²) < 4.78 is 0. The number of rotatable bonds is 5. The van der Waals surface area contributed by atoms with Gasteiger partial charge >= 0.3 is 0 Å². The van der Waals surface area contributed by atoms with E-state index in [-0.39, 0.29) is 10.7 Å². The Morgan fingerprint density at radius 2 is 1.89 bits per heavy atom. The average molecular weight is 278 g/mol. The van der Waals surface area contributed by atoms with Crippen molar-refractivity contribution >= 4 is 23.0 Å². The summed E-state index contributed by atoms with van der Waals surface area (Å²) in [5, 5.41) is 10.9. The first kappa shape index (κ1) is 13.3. The van der Waals surface area contributed by atoms with E-state index in [1.807, 2.05) is 30.3 Å². The summed E-state index contributed by atoms with van der Waals surface area (Å²) in [4.78, 5) is 10.3. The fourth-order valence-electron chi connectivity index (χ4n) is 1.58. The molecule has 0 heterocycles. The summed E-state index contributed by atoms with van der Waals surface area (Å²) in [6.45, 7) is 0.451. The van der Waals surface area contributed by atoms with Gasteiger partial charge in [0, 0.05) is 18.3 Å². The number of para-hydroxylation sites is 1. The van der Waals surface area contributed by atoms with Crippen molar-refractivity contribution in [2.45, 2.75) is 6.54 Å². The highest BCUT2D eigenvalue weighted by Crippen LogP contribution is 2.24. The molecule has 19 heavy (non-hydrogen) atoms. The van der Waals surface area contributed by atoms with Crippen molar-refractivity contribution in [1.82, 2.24) is 5.43 Å². The molecule has 0 aliphatic heterocycles. The van der Waals surface area contributed by atoms with E-state index >= 15 is 0 Å². The first-order valence-corrected chi connectivity index (χ1v) is 6.01. The lowest BCUT2D eigenvalue weighted by molar-refractivity contribution is -0.384. The normalized spacial score (nSPS) is 10.2. The third-order valence-electron chi connectivity index (χ3n) is 2.51. The molecular formula is C13H12ClN3O2. The number of nitro benzene ring substituents is 1. The fourth-order valence-corrected chi connectivity index (χ4v) is 1.76. The van der Waals surface area contributed by atoms with Gasteiger partial charge in [-0.25, -0.2) is 5.43 Å². The molecule has 0 unspecified atom stereocenters. The number of hydrogen-bond acceptors (Lipinski definition) is 4. The van der Waals surface area contributed by atoms with Gasteiger partial charge in [-0.1, -0.05) is 35.9 Å². The van der Waals surface area contributed by atoms with Gasteiger partial charge in [-0.05, 0) is 23.8 Å². The van der Waals surface area contributed by atoms with Crippen LogP contribution in [0.3, 0.4) is 0 Å². The van der Waals surface area contributed by atoms with Crippen LogP contribution in [0.2, 0.25) is 5.02 Å². The molecule has 98 valence electrons. The molecule has 0 radical (unpaired) electrons. The molecule has 0 amide bonds. The van der Waals surface area contributed by atoms with Crippen LogP contribution in [-0.4, -0.2) is 4.92 Å². The molecule has 0 aliphatic carbocycles. The van der Waals surface area contributed by atoms with Gasteiger partial charge in [-0.2, -0.15) is 0 Å². The van der Waals surface area contributed by atoms with Crippen LogP contribution < -0.4 is 10.9 Å². The van der Waals surface area contributed by atoms with Crippen LogP contribution in [-0.2, 0) is 6.54 Å². The Morgan fingerprint density at radius 1 is 1.16 bits per heavy atom. The minimum Gasteiger partial charge on any atom is -0.321 e. The molecule has 6 heteroatoms. The van der Waals surface area contributed by atoms with Crippen LogP contribution in [0.25, 0.3) is 0 Å². The molecule has 2 aromatic rings. The Labute approximate surface area is 115 Å². The topological polar surface area (TPSA) is 67.2 Å². The molecule has 0 aromatic heterocycles. The minimum atomic E-state index is -0.490. The van der Waals surface area contributed by atoms with E-state index in [1.165, 1.54) is 12.1 Å². The number of hydrazine groups is 1. The highest BCUT2D eigenvalue weighted by molar-refractivity contribution is 6.32. The summed E-state index contributed by atoms with van der Waals surface area (Å²) in [5.41, 5.74) is 7.61. The molecular weight excluding hydrogens is 266 g/mol. The smallest absolute Gasteiger partial charge is 0.288 e. The van der Waals surface area contributed by atoms with Crippen LogP contribution in [0.5, 0.6) is 0 Å². The standard InChI is InChI=1S/C13H12ClN3O2/c14-12-7-6-10(8-13(12)17(18)19)9-15-16-11-4-2-1-3-5-11/h1-8,15-16H,9H2. The van der Waals surface area contributed by atoms with Crippen molar-refractivity contribution in [3.8, 4) is 0 Å². The second-order valence-corrected chi connectivity index (χ2v) is 4.29. The highest BCUT2D eigenvalue weighted by Gasteiger charge is 2.12. The summed E-state index contributed by atoms with van der Waals surface area (Å²) >= 11 is 5.74. The van der Waals surface area contributed by atoms with Crippen molar-refractivity contribution in [2.75, 3.05) is 5.43 Å². The van der Waals surface area contributed by atoms with Gasteiger partial charge in [0.2, 0.25) is 0 Å². The lowest BCUT2D eigenvalue weighted by Crippen LogP contribution is -2.20. The third-order valence-corrected chi connectivity index (χ3v) is 2.83. The van der Waals surface area contributed by atoms with Gasteiger partial charge in [-0.15, -0.1) is 0 Å². The first-order chi connectivity index (χ1) is 9.16. The van der Waals surface area contributed by atoms with Crippen LogP contribution in [0.15, 0.2) is 48.5 Å². The Hall–Kier alpha value is -2.11. The van der Waals surface area contributed by atoms with Gasteiger partial charge in [0.1, 0.15) is 5.02 Å². The van der Waals surface area contributed by atoms with Gasteiger partial charge in [0.25, 0.3) is 5.69 Å². The monoisotopic (exact) mass is 277 g/mol. The molecule has 5 nitrogen and oxygen atoms in total. The highest BCUT2D eigenvalue weighted by atomic mass is 35.5. The van der Waals surface area contributed by atoms with Crippen LogP contribution >= 0.6 is 11.6 Å². The van der Waals surface area contributed by atoms with Gasteiger partial charge in [0.15, 0.2) is 0 Å². The molecule has 2 rings (SSSR count). The van der Waals surface area contributed by atoms with E-state index in [4.69, 9.17) is 11.6 Å². The van der Waals surface area contributed by atoms with E-state index in [0.29, 0.717) is 6.54 Å².